The van der Waals surface area contributed by atoms with Crippen LogP contribution in [0.5, 0.6) is 0 Å². The van der Waals surface area contributed by atoms with E-state index in [4.69, 9.17) is 4.74 Å². The Morgan fingerprint density at radius 3 is 2.63 bits per heavy atom. The molecule has 30 heavy (non-hydrogen) atoms. The number of aromatic nitrogens is 1. The Morgan fingerprint density at radius 1 is 1.20 bits per heavy atom. The number of carbonyl (C=O) groups is 1. The minimum atomic E-state index is -0.340. The van der Waals surface area contributed by atoms with Crippen LogP contribution in [-0.4, -0.2) is 48.1 Å². The van der Waals surface area contributed by atoms with E-state index in [1.165, 1.54) is 37.5 Å². The van der Waals surface area contributed by atoms with Gasteiger partial charge < -0.3 is 10.1 Å². The average molecular weight is 406 g/mol. The number of ether oxygens (including phenoxy) is 1. The fourth-order valence-electron chi connectivity index (χ4n) is 4.35. The number of esters is 1. The van der Waals surface area contributed by atoms with Crippen LogP contribution in [0.1, 0.15) is 47.8 Å². The smallest absolute Gasteiger partial charge is 0.339 e. The highest BCUT2D eigenvalue weighted by atomic mass is 16.5. The molecule has 5 nitrogen and oxygen atoms in total. The van der Waals surface area contributed by atoms with Gasteiger partial charge in [-0.25, -0.2) is 4.79 Å². The number of pyridine rings is 1. The number of carbonyl (C=O) groups excluding carboxylic acids is 1. The van der Waals surface area contributed by atoms with E-state index in [9.17, 15) is 4.79 Å². The van der Waals surface area contributed by atoms with Crippen LogP contribution in [-0.2, 0) is 11.3 Å². The number of nitrogens with zero attached hydrogens (tertiary/aromatic N) is 2. The first-order valence-electron chi connectivity index (χ1n) is 10.9. The van der Waals surface area contributed by atoms with Crippen LogP contribution in [0.25, 0.3) is 6.08 Å². The Hall–Kier alpha value is -2.50. The SMILES string of the molecule is COC(=O)c1ccc(CN2CCC(N[C@@H]3C[C@H]3/C(C)=C/c3ccccc3)CC2)nc1. The van der Waals surface area contributed by atoms with Crippen molar-refractivity contribution in [2.75, 3.05) is 20.2 Å². The van der Waals surface area contributed by atoms with Crippen molar-refractivity contribution in [1.82, 2.24) is 15.2 Å². The van der Waals surface area contributed by atoms with Crippen molar-refractivity contribution in [3.63, 3.8) is 0 Å². The predicted octanol–water partition coefficient (Wildman–Crippen LogP) is 3.91. The second-order valence-corrected chi connectivity index (χ2v) is 8.49. The van der Waals surface area contributed by atoms with Gasteiger partial charge in [0.25, 0.3) is 0 Å². The molecule has 2 aromatic rings. The highest BCUT2D eigenvalue weighted by Crippen LogP contribution is 2.38. The molecule has 1 aromatic carbocycles. The topological polar surface area (TPSA) is 54.5 Å². The Balaban J connectivity index is 1.20. The van der Waals surface area contributed by atoms with Crippen LogP contribution in [0.3, 0.4) is 0 Å². The van der Waals surface area contributed by atoms with Gasteiger partial charge in [0, 0.05) is 37.9 Å². The molecule has 1 aliphatic carbocycles. The Bertz CT molecular complexity index is 871. The predicted molar refractivity (Wildman–Crippen MR) is 119 cm³/mol. The van der Waals surface area contributed by atoms with Gasteiger partial charge >= 0.3 is 5.97 Å². The van der Waals surface area contributed by atoms with Crippen molar-refractivity contribution in [1.29, 1.82) is 0 Å². The molecule has 0 amide bonds. The number of rotatable bonds is 7. The van der Waals surface area contributed by atoms with E-state index in [-0.39, 0.29) is 5.97 Å². The van der Waals surface area contributed by atoms with Crippen molar-refractivity contribution in [2.24, 2.45) is 5.92 Å². The van der Waals surface area contributed by atoms with Crippen LogP contribution in [0.2, 0.25) is 0 Å². The van der Waals surface area contributed by atoms with Crippen LogP contribution >= 0.6 is 0 Å². The molecular formula is C25H31N3O2. The van der Waals surface area contributed by atoms with Crippen LogP contribution in [0.15, 0.2) is 54.2 Å². The zero-order chi connectivity index (χ0) is 20.9. The van der Waals surface area contributed by atoms with E-state index in [1.807, 2.05) is 6.07 Å². The van der Waals surface area contributed by atoms with Gasteiger partial charge in [0.15, 0.2) is 0 Å². The standard InChI is InChI=1S/C25H31N3O2/c1-18(14-19-6-4-3-5-7-19)23-15-24(23)27-21-10-12-28(13-11-21)17-22-9-8-20(16-26-22)25(29)30-2/h3-9,14,16,21,23-24,27H,10-13,15,17H2,1-2H3/b18-14+/t23-,24+/m0/s1. The maximum atomic E-state index is 11.5. The Morgan fingerprint density at radius 2 is 1.97 bits per heavy atom. The van der Waals surface area contributed by atoms with Crippen molar-refractivity contribution in [3.8, 4) is 0 Å². The molecule has 1 saturated heterocycles. The molecule has 1 aromatic heterocycles. The second kappa shape index (κ2) is 9.54. The molecule has 0 unspecified atom stereocenters. The largest absolute Gasteiger partial charge is 0.465 e. The molecule has 0 bridgehead atoms. The van der Waals surface area contributed by atoms with Crippen LogP contribution in [0.4, 0.5) is 0 Å². The number of likely N-dealkylation sites (tertiary alicyclic amines) is 1. The molecule has 2 heterocycles. The molecule has 2 atom stereocenters. The lowest BCUT2D eigenvalue weighted by molar-refractivity contribution is 0.0600. The van der Waals surface area contributed by atoms with Crippen molar-refractivity contribution >= 4 is 12.0 Å². The summed E-state index contributed by atoms with van der Waals surface area (Å²) in [7, 11) is 1.39. The van der Waals surface area contributed by atoms with Gasteiger partial charge in [-0.15, -0.1) is 0 Å². The van der Waals surface area contributed by atoms with Gasteiger partial charge in [0.2, 0.25) is 0 Å². The van der Waals surface area contributed by atoms with Crippen molar-refractivity contribution < 1.29 is 9.53 Å². The van der Waals surface area contributed by atoms with Crippen molar-refractivity contribution in [3.05, 3.63) is 71.1 Å². The maximum Gasteiger partial charge on any atom is 0.339 e. The number of nitrogens with one attached hydrogen (secondary N) is 1. The molecule has 2 aliphatic rings. The maximum absolute atomic E-state index is 11.5. The minimum absolute atomic E-state index is 0.340. The summed E-state index contributed by atoms with van der Waals surface area (Å²) in [6.45, 7) is 5.25. The van der Waals surface area contributed by atoms with Crippen LogP contribution < -0.4 is 5.32 Å². The summed E-state index contributed by atoms with van der Waals surface area (Å²) in [6, 6.07) is 15.5. The third kappa shape index (κ3) is 5.35. The summed E-state index contributed by atoms with van der Waals surface area (Å²) in [5, 5.41) is 3.89. The number of benzene rings is 1. The van der Waals surface area contributed by atoms with E-state index in [0.717, 1.165) is 25.3 Å². The van der Waals surface area contributed by atoms with Gasteiger partial charge in [0.1, 0.15) is 0 Å². The summed E-state index contributed by atoms with van der Waals surface area (Å²) < 4.78 is 4.73. The zero-order valence-corrected chi connectivity index (χ0v) is 17.9. The fourth-order valence-corrected chi connectivity index (χ4v) is 4.35. The number of hydrogen-bond acceptors (Lipinski definition) is 5. The zero-order valence-electron chi connectivity index (χ0n) is 17.9. The summed E-state index contributed by atoms with van der Waals surface area (Å²) in [4.78, 5) is 18.4. The van der Waals surface area contributed by atoms with E-state index in [2.05, 4.69) is 58.5 Å². The molecule has 1 saturated carbocycles. The summed E-state index contributed by atoms with van der Waals surface area (Å²) in [6.07, 6.45) is 7.53. The molecule has 4 rings (SSSR count). The lowest BCUT2D eigenvalue weighted by Crippen LogP contribution is -2.43. The van der Waals surface area contributed by atoms with Gasteiger partial charge in [-0.2, -0.15) is 0 Å². The molecule has 158 valence electrons. The number of methoxy groups -OCH3 is 1. The molecule has 0 spiro atoms. The lowest BCUT2D eigenvalue weighted by atomic mass is 10.0. The Kier molecular flexibility index (Phi) is 6.60. The quantitative estimate of drug-likeness (QED) is 0.708. The summed E-state index contributed by atoms with van der Waals surface area (Å²) >= 11 is 0. The summed E-state index contributed by atoms with van der Waals surface area (Å²) in [5.74, 6) is 0.342. The van der Waals surface area contributed by atoms with Gasteiger partial charge in [0.05, 0.1) is 18.4 Å². The molecule has 2 fully saturated rings. The van der Waals surface area contributed by atoms with Gasteiger partial charge in [-0.3, -0.25) is 9.88 Å². The van der Waals surface area contributed by atoms with Crippen LogP contribution in [0, 0.1) is 5.92 Å². The van der Waals surface area contributed by atoms with E-state index < -0.39 is 0 Å². The first-order valence-corrected chi connectivity index (χ1v) is 10.9. The first kappa shape index (κ1) is 20.8. The fraction of sp³-hybridized carbons (Fsp3) is 0.440. The highest BCUT2D eigenvalue weighted by Gasteiger charge is 2.39. The lowest BCUT2D eigenvalue weighted by Gasteiger charge is -2.32. The highest BCUT2D eigenvalue weighted by molar-refractivity contribution is 5.88. The average Bonchev–Trinajstić information content (AvgIpc) is 3.55. The monoisotopic (exact) mass is 405 g/mol. The third-order valence-electron chi connectivity index (χ3n) is 6.24. The molecule has 1 aliphatic heterocycles. The molecule has 0 radical (unpaired) electrons. The minimum Gasteiger partial charge on any atom is -0.465 e. The second-order valence-electron chi connectivity index (χ2n) is 8.49. The molecule has 5 heteroatoms. The van der Waals surface area contributed by atoms with Gasteiger partial charge in [-0.1, -0.05) is 42.0 Å². The Labute approximate surface area is 179 Å². The molecular weight excluding hydrogens is 374 g/mol. The normalized spacial score (nSPS) is 22.7. The third-order valence-corrected chi connectivity index (χ3v) is 6.24. The van der Waals surface area contributed by atoms with E-state index >= 15 is 0 Å². The first-order chi connectivity index (χ1) is 14.6. The van der Waals surface area contributed by atoms with E-state index in [0.29, 0.717) is 23.6 Å². The summed E-state index contributed by atoms with van der Waals surface area (Å²) in [5.41, 5.74) is 4.28. The number of hydrogen-bond donors (Lipinski definition) is 1. The molecule has 1 N–H and O–H groups in total. The van der Waals surface area contributed by atoms with E-state index in [1.54, 1.807) is 12.3 Å². The van der Waals surface area contributed by atoms with Gasteiger partial charge in [-0.05, 0) is 49.8 Å². The number of piperidine rings is 1. The van der Waals surface area contributed by atoms with Crippen molar-refractivity contribution in [2.45, 2.75) is 44.8 Å².